The fraction of sp³-hybridized carbons (Fsp3) is 0.204. The maximum Gasteiger partial charge on any atom is 0.419 e. The van der Waals surface area contributed by atoms with Crippen LogP contribution >= 0.6 is 38.5 Å². The Kier molecular flexibility index (Phi) is 28.0. The Balaban J connectivity index is 0.000000125. The van der Waals surface area contributed by atoms with Crippen molar-refractivity contribution in [3.63, 3.8) is 0 Å². The highest BCUT2D eigenvalue weighted by atomic mass is 127. The van der Waals surface area contributed by atoms with E-state index in [0.717, 1.165) is 198 Å². The van der Waals surface area contributed by atoms with E-state index in [2.05, 4.69) is 196 Å². The molecule has 0 aliphatic carbocycles. The van der Waals surface area contributed by atoms with E-state index in [1.54, 1.807) is 77.2 Å². The first-order chi connectivity index (χ1) is 65.9. The number of H-pyrrole nitrogens is 9. The van der Waals surface area contributed by atoms with Crippen LogP contribution in [0.4, 0.5) is 4.79 Å². The standard InChI is InChI=1S/C27H31N3O5.C22H23N3O3.C20H18BrN3O.C20H18IN3O.C19H17N3O2/c1-15-9-16(2)28-18(15)12-20-23(32-6)13-19(29-20)22-10-17-11-24(33-7)25(34-8)14-21(17)30(22)26(31)35-27(3,4)5;1-12-6-13(2)23-15(12)9-19-20(26-3)11-18(25-19)17-7-14-8-21(27-4)22(28-5)10-16(14)24-17;1-11-6-12(2)22-16(11)9-19-20(25-3)10-18(24-19)17-8-13-7-14(21)4-5-15(13)23-17;1-11-15(22-12(2)20(11)21)9-18-19(25-3)10-17(24-18)16-8-13-6-4-5-7-14(13)23-16;1-23-18-7-8-20-16(18)10-17-19(24-2)11-15(22-17)14-9-12-5-3-4-6-13(12)21-14/h9-14,28H,1-8H3;6-11,23,25H,1-5H3;2*4-10,22,24H,1-3H3;3-11,20,22H,1-2H3/b20-12-;2*18-17?,19-9-;17-16?,18-9-;15-14?,17-10-. The third kappa shape index (κ3) is 20.7. The number of carbonyl (C=O) groups excluding carboxylic acids is 1. The van der Waals surface area contributed by atoms with E-state index in [1.807, 2.05) is 175 Å². The summed E-state index contributed by atoms with van der Waals surface area (Å²) in [5.74, 6) is 6.94. The number of benzene rings is 5. The van der Waals surface area contributed by atoms with Crippen molar-refractivity contribution in [2.75, 3.05) is 71.1 Å². The molecule has 20 rings (SSSR count). The van der Waals surface area contributed by atoms with Crippen LogP contribution in [0.3, 0.4) is 0 Å². The molecule has 5 aliphatic heterocycles. The molecule has 0 saturated heterocycles. The van der Waals surface area contributed by atoms with Crippen LogP contribution in [-0.4, -0.2) is 138 Å². The number of para-hydroxylation sites is 2. The lowest BCUT2D eigenvalue weighted by molar-refractivity contribution is 0.0543. The van der Waals surface area contributed by atoms with E-state index in [0.29, 0.717) is 51.4 Å². The van der Waals surface area contributed by atoms with Gasteiger partial charge < -0.3 is 97.0 Å². The third-order valence-electron chi connectivity index (χ3n) is 23.2. The minimum absolute atomic E-state index is 0.508. The largest absolute Gasteiger partial charge is 0.495 e. The lowest BCUT2D eigenvalue weighted by Crippen LogP contribution is -2.28. The normalized spacial score (nSPS) is 15.4. The summed E-state index contributed by atoms with van der Waals surface area (Å²) < 4.78 is 64.4. The first-order valence-electron chi connectivity index (χ1n) is 44.0. The van der Waals surface area contributed by atoms with Crippen molar-refractivity contribution in [2.24, 2.45) is 25.0 Å². The molecule has 700 valence electrons. The number of carbonyl (C=O) groups is 1. The zero-order valence-corrected chi connectivity index (χ0v) is 83.8. The molecule has 0 fully saturated rings. The molecule has 5 aliphatic rings. The van der Waals surface area contributed by atoms with Gasteiger partial charge in [-0.05, 0) is 248 Å². The average molecular weight is 2010 g/mol. The third-order valence-corrected chi connectivity index (χ3v) is 25.3. The molecule has 0 saturated carbocycles. The maximum atomic E-state index is 13.4. The molecule has 10 aromatic heterocycles. The minimum Gasteiger partial charge on any atom is -0.495 e. The minimum atomic E-state index is -0.680. The number of nitrogens with zero attached hydrogens (tertiary/aromatic N) is 6. The van der Waals surface area contributed by atoms with Gasteiger partial charge in [-0.15, -0.1) is 0 Å². The Labute approximate surface area is 810 Å². The molecule has 0 bridgehead atoms. The van der Waals surface area contributed by atoms with E-state index in [-0.39, 0.29) is 0 Å². The number of nitrogens with one attached hydrogen (secondary N) is 9. The van der Waals surface area contributed by atoms with Crippen LogP contribution in [0.2, 0.25) is 0 Å². The quantitative estimate of drug-likeness (QED) is 0.0408. The van der Waals surface area contributed by atoms with Gasteiger partial charge in [-0.1, -0.05) is 52.3 Å². The number of aryl methyl sites for hydroxylation is 7. The van der Waals surface area contributed by atoms with Gasteiger partial charge in [-0.25, -0.2) is 34.3 Å². The Hall–Kier alpha value is -15.4. The van der Waals surface area contributed by atoms with Gasteiger partial charge in [-0.2, -0.15) is 0 Å². The van der Waals surface area contributed by atoms with Crippen LogP contribution in [0.15, 0.2) is 199 Å². The van der Waals surface area contributed by atoms with Crippen LogP contribution in [0, 0.1) is 59.0 Å². The van der Waals surface area contributed by atoms with Gasteiger partial charge in [0.2, 0.25) is 0 Å². The van der Waals surface area contributed by atoms with Crippen LogP contribution in [0.25, 0.3) is 88.4 Å². The molecule has 15 heterocycles. The summed E-state index contributed by atoms with van der Waals surface area (Å²) in [6.45, 7) is 22.0. The molecule has 5 aromatic carbocycles. The number of fused-ring (bicyclic) bond motifs is 5. The average Bonchev–Trinajstić information content (AvgIpc) is 1.54. The lowest BCUT2D eigenvalue weighted by Gasteiger charge is -2.21. The molecule has 27 nitrogen and oxygen atoms in total. The van der Waals surface area contributed by atoms with Gasteiger partial charge in [0.15, 0.2) is 23.0 Å². The number of methoxy groups -OCH3 is 10. The summed E-state index contributed by atoms with van der Waals surface area (Å²) >= 11 is 5.88. The summed E-state index contributed by atoms with van der Waals surface area (Å²) in [7, 11) is 16.3. The second kappa shape index (κ2) is 40.4. The monoisotopic (exact) mass is 2010 g/mol. The van der Waals surface area contributed by atoms with Gasteiger partial charge in [0.05, 0.1) is 181 Å². The highest BCUT2D eigenvalue weighted by Crippen LogP contribution is 2.37. The number of aliphatic imine (C=N–C) groups is 1. The van der Waals surface area contributed by atoms with Crippen molar-refractivity contribution in [1.82, 2.24) is 49.4 Å². The highest BCUT2D eigenvalue weighted by molar-refractivity contribution is 14.1. The Morgan fingerprint density at radius 3 is 1.22 bits per heavy atom. The van der Waals surface area contributed by atoms with Crippen LogP contribution < -0.4 is 128 Å². The highest BCUT2D eigenvalue weighted by Gasteiger charge is 2.29. The fourth-order valence-corrected chi connectivity index (χ4v) is 17.3. The second-order valence-corrected chi connectivity index (χ2v) is 35.9. The van der Waals surface area contributed by atoms with Gasteiger partial charge >= 0.3 is 6.09 Å². The molecule has 9 N–H and O–H groups in total. The van der Waals surface area contributed by atoms with Gasteiger partial charge in [0.1, 0.15) is 45.8 Å². The summed E-state index contributed by atoms with van der Waals surface area (Å²) in [6, 6.07) is 47.7. The van der Waals surface area contributed by atoms with Crippen molar-refractivity contribution in [1.29, 1.82) is 0 Å². The van der Waals surface area contributed by atoms with E-state index < -0.39 is 11.7 Å². The number of aromatic amines is 9. The number of aromatic nitrogens is 10. The number of ether oxygens (including phenoxy) is 11. The van der Waals surface area contributed by atoms with Gasteiger partial charge in [0.25, 0.3) is 0 Å². The zero-order valence-electron chi connectivity index (χ0n) is 80.0. The predicted molar refractivity (Wildman–Crippen MR) is 549 cm³/mol. The molecule has 0 atom stereocenters. The summed E-state index contributed by atoms with van der Waals surface area (Å²) in [6.07, 6.45) is 21.5. The molecule has 137 heavy (non-hydrogen) atoms. The van der Waals surface area contributed by atoms with Crippen molar-refractivity contribution in [2.45, 2.75) is 81.8 Å². The van der Waals surface area contributed by atoms with E-state index in [1.165, 1.54) is 30.5 Å². The van der Waals surface area contributed by atoms with E-state index >= 15 is 0 Å². The topological polar surface area (TPSA) is 327 Å². The first kappa shape index (κ1) is 94.8. The van der Waals surface area contributed by atoms with Crippen molar-refractivity contribution in [3.05, 3.63) is 342 Å². The first-order valence-corrected chi connectivity index (χ1v) is 45.9. The molecular formula is C108H107BrIN15O12. The Morgan fingerprint density at radius 2 is 0.788 bits per heavy atom. The Morgan fingerprint density at radius 1 is 0.380 bits per heavy atom. The maximum absolute atomic E-state index is 13.4. The van der Waals surface area contributed by atoms with E-state index in [4.69, 9.17) is 72.1 Å². The molecular weight excluding hydrogens is 1910 g/mol. The second-order valence-electron chi connectivity index (χ2n) is 34.0. The molecule has 0 radical (unpaired) electrons. The molecule has 0 unspecified atom stereocenters. The smallest absolute Gasteiger partial charge is 0.419 e. The number of allylic oxidation sites excluding steroid dienone is 1. The van der Waals surface area contributed by atoms with Crippen LogP contribution in [-0.2, 0) is 9.47 Å². The molecule has 15 aromatic rings. The lowest BCUT2D eigenvalue weighted by atomic mass is 10.2. The SMILES string of the molecule is COC1=CC(c2cc3cc(OC)c(OC)cc3n2C(=O)OC(C)(C)C)=N/C1=C\c1[nH]c(C)cc1C.COc1cc(=C2C=c3cc(Br)ccc3=N2)[nH]/c1=C\c1[nH]c(C)cc1C.COc1cc(=C2C=c3ccccc3=N2)[nH]/c1=C\c1[nH]c(C)c(I)c1C.COc1cc2c(cc1OC)=NC(=c1cc(OC)/c(=C/c3[nH]c(C)cc3C)[nH]1)C=2.COc1cc[nH]c1/C=c1\[nH]c(=C2C=c3ccccc3=N2)cc1OC. The number of halogens is 2. The Bertz CT molecular complexity index is 8440. The van der Waals surface area contributed by atoms with Gasteiger partial charge in [0, 0.05) is 129 Å². The van der Waals surface area contributed by atoms with Gasteiger partial charge in [-0.3, -0.25) is 0 Å². The molecule has 0 amide bonds. The summed E-state index contributed by atoms with van der Waals surface area (Å²) in [5.41, 5.74) is 19.6. The number of hydrogen-bond donors (Lipinski definition) is 9. The summed E-state index contributed by atoms with van der Waals surface area (Å²) in [4.78, 5) is 67.4. The fourth-order valence-electron chi connectivity index (χ4n) is 16.5. The zero-order chi connectivity index (χ0) is 96.9. The van der Waals surface area contributed by atoms with Crippen molar-refractivity contribution < 1.29 is 56.9 Å². The van der Waals surface area contributed by atoms with Crippen LogP contribution in [0.1, 0.15) is 100.0 Å². The number of rotatable bonds is 16. The molecule has 29 heteroatoms. The predicted octanol–water partition coefficient (Wildman–Crippen LogP) is 10.6. The van der Waals surface area contributed by atoms with E-state index in [9.17, 15) is 4.79 Å². The number of hydrogen-bond acceptors (Lipinski definition) is 17. The molecule has 0 spiro atoms. The van der Waals surface area contributed by atoms with Crippen LogP contribution in [0.5, 0.6) is 51.7 Å². The van der Waals surface area contributed by atoms with Crippen molar-refractivity contribution >= 4 is 139 Å². The summed E-state index contributed by atoms with van der Waals surface area (Å²) in [5, 5.41) is 16.3. The van der Waals surface area contributed by atoms with Crippen molar-refractivity contribution in [3.8, 4) is 51.7 Å².